The van der Waals surface area contributed by atoms with Gasteiger partial charge in [0.25, 0.3) is 0 Å². The van der Waals surface area contributed by atoms with E-state index in [-0.39, 0.29) is 0 Å². The van der Waals surface area contributed by atoms with Crippen LogP contribution in [0.5, 0.6) is 0 Å². The number of aromatic nitrogens is 1. The van der Waals surface area contributed by atoms with Crippen LogP contribution in [-0.2, 0) is 13.0 Å². The number of benzene rings is 3. The maximum atomic E-state index is 3.52. The number of hydrogen-bond donors (Lipinski definition) is 0. The minimum Gasteiger partial charge on any atom is -0.191 e. The van der Waals surface area contributed by atoms with E-state index >= 15 is 0 Å². The second kappa shape index (κ2) is 7.20. The highest BCUT2D eigenvalue weighted by Crippen LogP contribution is 2.16. The van der Waals surface area contributed by atoms with Crippen molar-refractivity contribution in [2.24, 2.45) is 0 Å². The first-order chi connectivity index (χ1) is 12.3. The maximum absolute atomic E-state index is 3.52. The molecular formula is C23H19BrN+. The lowest BCUT2D eigenvalue weighted by Crippen LogP contribution is -2.40. The van der Waals surface area contributed by atoms with E-state index in [0.29, 0.717) is 0 Å². The first-order valence-corrected chi connectivity index (χ1v) is 9.28. The standard InChI is InChI=1S/C23H19BrN/c24-21-13-10-18(11-14-21)16-22-15-12-20-8-4-5-9-23(20)25(22)17-19-6-2-1-3-7-19/h1-15H,16-17H2/q+1. The first kappa shape index (κ1) is 16.0. The molecule has 0 saturated heterocycles. The molecule has 4 aromatic rings. The molecule has 0 radical (unpaired) electrons. The van der Waals surface area contributed by atoms with Crippen molar-refractivity contribution in [3.63, 3.8) is 0 Å². The second-order valence-electron chi connectivity index (χ2n) is 6.26. The average molecular weight is 389 g/mol. The third-order valence-electron chi connectivity index (χ3n) is 4.51. The van der Waals surface area contributed by atoms with Crippen LogP contribution < -0.4 is 4.57 Å². The average Bonchev–Trinajstić information content (AvgIpc) is 2.66. The molecule has 25 heavy (non-hydrogen) atoms. The minimum atomic E-state index is 0.883. The van der Waals surface area contributed by atoms with Crippen molar-refractivity contribution in [3.05, 3.63) is 112 Å². The highest BCUT2D eigenvalue weighted by atomic mass is 79.9. The molecule has 1 nitrogen and oxygen atoms in total. The Hall–Kier alpha value is -2.45. The van der Waals surface area contributed by atoms with Crippen molar-refractivity contribution < 1.29 is 4.57 Å². The zero-order valence-corrected chi connectivity index (χ0v) is 15.5. The Morgan fingerprint density at radius 1 is 0.640 bits per heavy atom. The molecule has 2 heteroatoms. The number of hydrogen-bond acceptors (Lipinski definition) is 0. The van der Waals surface area contributed by atoms with E-state index in [1.54, 1.807) is 0 Å². The van der Waals surface area contributed by atoms with Gasteiger partial charge in [0.15, 0.2) is 12.2 Å². The molecule has 0 unspecified atom stereocenters. The lowest BCUT2D eigenvalue weighted by atomic mass is 10.1. The van der Waals surface area contributed by atoms with Gasteiger partial charge in [-0.15, -0.1) is 0 Å². The summed E-state index contributed by atoms with van der Waals surface area (Å²) in [4.78, 5) is 0. The molecule has 0 aliphatic carbocycles. The maximum Gasteiger partial charge on any atom is 0.212 e. The Balaban J connectivity index is 1.79. The fraction of sp³-hybridized carbons (Fsp3) is 0.0870. The molecule has 1 aromatic heterocycles. The van der Waals surface area contributed by atoms with Gasteiger partial charge in [-0.3, -0.25) is 0 Å². The second-order valence-corrected chi connectivity index (χ2v) is 7.17. The van der Waals surface area contributed by atoms with E-state index in [4.69, 9.17) is 0 Å². The van der Waals surface area contributed by atoms with E-state index in [2.05, 4.69) is 111 Å². The normalized spacial score (nSPS) is 10.9. The van der Waals surface area contributed by atoms with Gasteiger partial charge >= 0.3 is 0 Å². The summed E-state index contributed by atoms with van der Waals surface area (Å²) in [6.45, 7) is 0.883. The molecular weight excluding hydrogens is 370 g/mol. The molecule has 0 amide bonds. The zero-order chi connectivity index (χ0) is 17.1. The molecule has 4 rings (SSSR count). The van der Waals surface area contributed by atoms with Gasteiger partial charge in [-0.05, 0) is 29.8 Å². The van der Waals surface area contributed by atoms with E-state index in [9.17, 15) is 0 Å². The van der Waals surface area contributed by atoms with Gasteiger partial charge in [-0.2, -0.15) is 4.57 Å². The van der Waals surface area contributed by atoms with Crippen LogP contribution in [0.1, 0.15) is 16.8 Å². The van der Waals surface area contributed by atoms with Crippen LogP contribution in [0.25, 0.3) is 10.9 Å². The van der Waals surface area contributed by atoms with Gasteiger partial charge in [-0.1, -0.05) is 70.5 Å². The smallest absolute Gasteiger partial charge is 0.191 e. The molecule has 0 fully saturated rings. The Morgan fingerprint density at radius 2 is 1.36 bits per heavy atom. The summed E-state index contributed by atoms with van der Waals surface area (Å²) >= 11 is 3.52. The van der Waals surface area contributed by atoms with Gasteiger partial charge < -0.3 is 0 Å². The molecule has 122 valence electrons. The van der Waals surface area contributed by atoms with Crippen LogP contribution in [0.15, 0.2) is 95.5 Å². The molecule has 0 spiro atoms. The largest absolute Gasteiger partial charge is 0.212 e. The van der Waals surface area contributed by atoms with Crippen LogP contribution in [0, 0.1) is 0 Å². The highest BCUT2D eigenvalue weighted by Gasteiger charge is 2.16. The quantitative estimate of drug-likeness (QED) is 0.404. The molecule has 0 aliphatic rings. The third kappa shape index (κ3) is 3.64. The van der Waals surface area contributed by atoms with E-state index in [1.807, 2.05) is 0 Å². The van der Waals surface area contributed by atoms with Crippen LogP contribution in [0.4, 0.5) is 0 Å². The third-order valence-corrected chi connectivity index (χ3v) is 5.04. The van der Waals surface area contributed by atoms with Crippen molar-refractivity contribution >= 4 is 26.8 Å². The molecule has 0 atom stereocenters. The fourth-order valence-electron chi connectivity index (χ4n) is 3.22. The Morgan fingerprint density at radius 3 is 2.16 bits per heavy atom. The van der Waals surface area contributed by atoms with Gasteiger partial charge in [-0.25, -0.2) is 0 Å². The monoisotopic (exact) mass is 388 g/mol. The lowest BCUT2D eigenvalue weighted by Gasteiger charge is -2.08. The van der Waals surface area contributed by atoms with Crippen molar-refractivity contribution in [1.82, 2.24) is 0 Å². The van der Waals surface area contributed by atoms with E-state index in [1.165, 1.54) is 27.7 Å². The van der Waals surface area contributed by atoms with E-state index in [0.717, 1.165) is 17.4 Å². The summed E-state index contributed by atoms with van der Waals surface area (Å²) in [6, 6.07) is 32.4. The highest BCUT2D eigenvalue weighted by molar-refractivity contribution is 9.10. The minimum absolute atomic E-state index is 0.883. The van der Waals surface area contributed by atoms with Gasteiger partial charge in [0.2, 0.25) is 5.52 Å². The van der Waals surface area contributed by atoms with Crippen LogP contribution in [0.2, 0.25) is 0 Å². The number of halogens is 1. The predicted octanol–water partition coefficient (Wildman–Crippen LogP) is 5.53. The Bertz CT molecular complexity index is 991. The fourth-order valence-corrected chi connectivity index (χ4v) is 3.49. The van der Waals surface area contributed by atoms with Crippen molar-refractivity contribution in [3.8, 4) is 0 Å². The molecule has 0 N–H and O–H groups in total. The van der Waals surface area contributed by atoms with Crippen LogP contribution in [0.3, 0.4) is 0 Å². The molecule has 1 heterocycles. The summed E-state index contributed by atoms with van der Waals surface area (Å²) in [5, 5.41) is 1.28. The number of fused-ring (bicyclic) bond motifs is 1. The van der Waals surface area contributed by atoms with Crippen LogP contribution in [-0.4, -0.2) is 0 Å². The summed E-state index contributed by atoms with van der Waals surface area (Å²) in [6.07, 6.45) is 0.922. The van der Waals surface area contributed by atoms with Crippen LogP contribution >= 0.6 is 15.9 Å². The van der Waals surface area contributed by atoms with Crippen molar-refractivity contribution in [2.75, 3.05) is 0 Å². The summed E-state index contributed by atoms with van der Waals surface area (Å²) < 4.78 is 3.55. The van der Waals surface area contributed by atoms with Crippen molar-refractivity contribution in [2.45, 2.75) is 13.0 Å². The Kier molecular flexibility index (Phi) is 4.62. The SMILES string of the molecule is Brc1ccc(Cc2ccc3ccccc3[n+]2Cc2ccccc2)cc1. The summed E-state index contributed by atoms with van der Waals surface area (Å²) in [5.41, 5.74) is 5.24. The predicted molar refractivity (Wildman–Crippen MR) is 107 cm³/mol. The molecule has 0 saturated carbocycles. The number of pyridine rings is 1. The van der Waals surface area contributed by atoms with Crippen molar-refractivity contribution in [1.29, 1.82) is 0 Å². The Labute approximate surface area is 156 Å². The molecule has 0 aliphatic heterocycles. The van der Waals surface area contributed by atoms with Gasteiger partial charge in [0, 0.05) is 27.6 Å². The zero-order valence-electron chi connectivity index (χ0n) is 13.9. The summed E-state index contributed by atoms with van der Waals surface area (Å²) in [7, 11) is 0. The summed E-state index contributed by atoms with van der Waals surface area (Å²) in [5.74, 6) is 0. The van der Waals surface area contributed by atoms with Gasteiger partial charge in [0.1, 0.15) is 0 Å². The lowest BCUT2D eigenvalue weighted by molar-refractivity contribution is -0.669. The first-order valence-electron chi connectivity index (χ1n) is 8.48. The molecule has 0 bridgehead atoms. The number of rotatable bonds is 4. The topological polar surface area (TPSA) is 3.88 Å². The van der Waals surface area contributed by atoms with E-state index < -0.39 is 0 Å². The number of para-hydroxylation sites is 1. The van der Waals surface area contributed by atoms with Gasteiger partial charge in [0.05, 0.1) is 6.42 Å². The molecule has 3 aromatic carbocycles. The number of nitrogens with zero attached hydrogens (tertiary/aromatic N) is 1.